The van der Waals surface area contributed by atoms with Crippen molar-refractivity contribution in [3.8, 4) is 17.1 Å². The van der Waals surface area contributed by atoms with Crippen LogP contribution in [0.5, 0.6) is 5.75 Å². The standard InChI is InChI=1S/C18H23N3O4/c1-13(21-7-9-24-10-8-21)12-19-18(22)16-11-17(25-20-16)14-3-5-15(23-2)6-4-14/h3-6,11,13H,7-10,12H2,1-2H3,(H,19,22)/t13-/m1/s1. The molecule has 0 unspecified atom stereocenters. The molecule has 1 aromatic carbocycles. The number of aromatic nitrogens is 1. The van der Waals surface area contributed by atoms with Crippen molar-refractivity contribution in [1.82, 2.24) is 15.4 Å². The Morgan fingerprint density at radius 1 is 1.32 bits per heavy atom. The van der Waals surface area contributed by atoms with E-state index in [-0.39, 0.29) is 17.6 Å². The van der Waals surface area contributed by atoms with Crippen molar-refractivity contribution in [2.45, 2.75) is 13.0 Å². The molecular formula is C18H23N3O4. The summed E-state index contributed by atoms with van der Waals surface area (Å²) in [4.78, 5) is 14.6. The summed E-state index contributed by atoms with van der Waals surface area (Å²) in [6.45, 7) is 5.92. The molecule has 1 amide bonds. The zero-order valence-electron chi connectivity index (χ0n) is 14.5. The highest BCUT2D eigenvalue weighted by molar-refractivity contribution is 5.93. The number of nitrogens with zero attached hydrogens (tertiary/aromatic N) is 2. The Balaban J connectivity index is 1.56. The van der Waals surface area contributed by atoms with E-state index in [0.717, 1.165) is 37.6 Å². The molecule has 1 fully saturated rings. The van der Waals surface area contributed by atoms with Gasteiger partial charge in [0.1, 0.15) is 5.75 Å². The van der Waals surface area contributed by atoms with Crippen LogP contribution < -0.4 is 10.1 Å². The highest BCUT2D eigenvalue weighted by Crippen LogP contribution is 2.23. The van der Waals surface area contributed by atoms with E-state index in [1.807, 2.05) is 24.3 Å². The molecule has 0 aliphatic carbocycles. The van der Waals surface area contributed by atoms with Crippen LogP contribution in [0.15, 0.2) is 34.9 Å². The first-order valence-electron chi connectivity index (χ1n) is 8.38. The van der Waals surface area contributed by atoms with Crippen LogP contribution in [-0.4, -0.2) is 62.0 Å². The van der Waals surface area contributed by atoms with Crippen molar-refractivity contribution in [1.29, 1.82) is 0 Å². The molecule has 25 heavy (non-hydrogen) atoms. The largest absolute Gasteiger partial charge is 0.497 e. The lowest BCUT2D eigenvalue weighted by molar-refractivity contribution is 0.0204. The minimum absolute atomic E-state index is 0.233. The van der Waals surface area contributed by atoms with Gasteiger partial charge in [0.2, 0.25) is 0 Å². The summed E-state index contributed by atoms with van der Waals surface area (Å²) < 4.78 is 15.8. The number of hydrogen-bond donors (Lipinski definition) is 1. The third kappa shape index (κ3) is 4.37. The quantitative estimate of drug-likeness (QED) is 0.860. The van der Waals surface area contributed by atoms with Crippen molar-refractivity contribution in [3.05, 3.63) is 36.0 Å². The molecule has 1 aliphatic heterocycles. The maximum Gasteiger partial charge on any atom is 0.273 e. The maximum absolute atomic E-state index is 12.3. The summed E-state index contributed by atoms with van der Waals surface area (Å²) in [7, 11) is 1.61. The smallest absolute Gasteiger partial charge is 0.273 e. The molecule has 2 aromatic rings. The third-order valence-electron chi connectivity index (χ3n) is 4.34. The number of amides is 1. The minimum atomic E-state index is -0.233. The lowest BCUT2D eigenvalue weighted by atomic mass is 10.1. The van der Waals surface area contributed by atoms with Gasteiger partial charge >= 0.3 is 0 Å². The Morgan fingerprint density at radius 2 is 2.04 bits per heavy atom. The van der Waals surface area contributed by atoms with Crippen LogP contribution in [-0.2, 0) is 4.74 Å². The second-order valence-electron chi connectivity index (χ2n) is 6.01. The zero-order chi connectivity index (χ0) is 17.6. The molecule has 2 heterocycles. The molecule has 7 nitrogen and oxygen atoms in total. The Morgan fingerprint density at radius 3 is 2.72 bits per heavy atom. The molecular weight excluding hydrogens is 322 g/mol. The number of morpholine rings is 1. The molecule has 1 N–H and O–H groups in total. The number of rotatable bonds is 6. The van der Waals surface area contributed by atoms with Crippen molar-refractivity contribution in [2.24, 2.45) is 0 Å². The van der Waals surface area contributed by atoms with E-state index in [2.05, 4.69) is 22.3 Å². The topological polar surface area (TPSA) is 76.8 Å². The first-order valence-corrected chi connectivity index (χ1v) is 8.38. The van der Waals surface area contributed by atoms with E-state index >= 15 is 0 Å². The fraction of sp³-hybridized carbons (Fsp3) is 0.444. The highest BCUT2D eigenvalue weighted by atomic mass is 16.5. The number of hydrogen-bond acceptors (Lipinski definition) is 6. The van der Waals surface area contributed by atoms with Crippen molar-refractivity contribution < 1.29 is 18.8 Å². The van der Waals surface area contributed by atoms with Gasteiger partial charge in [-0.1, -0.05) is 5.16 Å². The minimum Gasteiger partial charge on any atom is -0.497 e. The number of benzene rings is 1. The summed E-state index contributed by atoms with van der Waals surface area (Å²) >= 11 is 0. The van der Waals surface area contributed by atoms with Gasteiger partial charge in [0.05, 0.1) is 20.3 Å². The van der Waals surface area contributed by atoms with Gasteiger partial charge in [-0.3, -0.25) is 9.69 Å². The zero-order valence-corrected chi connectivity index (χ0v) is 14.5. The van der Waals surface area contributed by atoms with Gasteiger partial charge in [-0.05, 0) is 31.2 Å². The second-order valence-corrected chi connectivity index (χ2v) is 6.01. The summed E-state index contributed by atoms with van der Waals surface area (Å²) in [5.41, 5.74) is 1.12. The van der Waals surface area contributed by atoms with Crippen molar-refractivity contribution in [3.63, 3.8) is 0 Å². The predicted octanol–water partition coefficient (Wildman–Crippen LogP) is 1.80. The van der Waals surface area contributed by atoms with Crippen LogP contribution in [0.25, 0.3) is 11.3 Å². The molecule has 1 atom stereocenters. The van der Waals surface area contributed by atoms with Gasteiger partial charge < -0.3 is 19.3 Å². The second kappa shape index (κ2) is 8.13. The number of carbonyl (C=O) groups is 1. The fourth-order valence-electron chi connectivity index (χ4n) is 2.75. The molecule has 1 saturated heterocycles. The first-order chi connectivity index (χ1) is 12.2. The average molecular weight is 345 g/mol. The van der Waals surface area contributed by atoms with Gasteiger partial charge in [0.15, 0.2) is 11.5 Å². The van der Waals surface area contributed by atoms with Gasteiger partial charge in [-0.15, -0.1) is 0 Å². The Bertz CT molecular complexity index is 693. The number of carbonyl (C=O) groups excluding carboxylic acids is 1. The molecule has 0 saturated carbocycles. The summed E-state index contributed by atoms with van der Waals surface area (Å²) in [6.07, 6.45) is 0. The van der Waals surface area contributed by atoms with E-state index in [1.54, 1.807) is 13.2 Å². The normalized spacial score (nSPS) is 16.4. The lowest BCUT2D eigenvalue weighted by Gasteiger charge is -2.32. The maximum atomic E-state index is 12.3. The molecule has 0 radical (unpaired) electrons. The third-order valence-corrected chi connectivity index (χ3v) is 4.34. The fourth-order valence-corrected chi connectivity index (χ4v) is 2.75. The monoisotopic (exact) mass is 345 g/mol. The first kappa shape index (κ1) is 17.4. The summed E-state index contributed by atoms with van der Waals surface area (Å²) in [5.74, 6) is 1.08. The molecule has 1 aromatic heterocycles. The van der Waals surface area contributed by atoms with Crippen LogP contribution >= 0.6 is 0 Å². The van der Waals surface area contributed by atoms with Gasteiger partial charge in [-0.2, -0.15) is 0 Å². The van der Waals surface area contributed by atoms with E-state index < -0.39 is 0 Å². The van der Waals surface area contributed by atoms with Crippen LogP contribution in [0.1, 0.15) is 17.4 Å². The van der Waals surface area contributed by atoms with Crippen molar-refractivity contribution >= 4 is 5.91 Å². The SMILES string of the molecule is COc1ccc(-c2cc(C(=O)NC[C@@H](C)N3CCOCC3)no2)cc1. The van der Waals surface area contributed by atoms with Crippen LogP contribution in [0.3, 0.4) is 0 Å². The predicted molar refractivity (Wildman–Crippen MR) is 92.7 cm³/mol. The Labute approximate surface area is 146 Å². The molecule has 7 heteroatoms. The molecule has 0 bridgehead atoms. The summed E-state index contributed by atoms with van der Waals surface area (Å²) in [5, 5.41) is 6.79. The number of ether oxygens (including phenoxy) is 2. The molecule has 1 aliphatic rings. The van der Waals surface area contributed by atoms with Crippen LogP contribution in [0.4, 0.5) is 0 Å². The number of methoxy groups -OCH3 is 1. The average Bonchev–Trinajstić information content (AvgIpc) is 3.17. The Hall–Kier alpha value is -2.38. The van der Waals surface area contributed by atoms with Gasteiger partial charge in [0.25, 0.3) is 5.91 Å². The van der Waals surface area contributed by atoms with E-state index in [9.17, 15) is 4.79 Å². The van der Waals surface area contributed by atoms with Gasteiger partial charge in [0, 0.05) is 37.3 Å². The molecule has 0 spiro atoms. The summed E-state index contributed by atoms with van der Waals surface area (Å²) in [6, 6.07) is 9.30. The van der Waals surface area contributed by atoms with Crippen LogP contribution in [0, 0.1) is 0 Å². The highest BCUT2D eigenvalue weighted by Gasteiger charge is 2.19. The molecule has 134 valence electrons. The van der Waals surface area contributed by atoms with Crippen molar-refractivity contribution in [2.75, 3.05) is 40.0 Å². The molecule has 3 rings (SSSR count). The van der Waals surface area contributed by atoms with Crippen LogP contribution in [0.2, 0.25) is 0 Å². The Kier molecular flexibility index (Phi) is 5.67. The van der Waals surface area contributed by atoms with Gasteiger partial charge in [-0.25, -0.2) is 0 Å². The number of nitrogens with one attached hydrogen (secondary N) is 1. The van der Waals surface area contributed by atoms with E-state index in [4.69, 9.17) is 14.0 Å². The van der Waals surface area contributed by atoms with E-state index in [0.29, 0.717) is 12.3 Å². The lowest BCUT2D eigenvalue weighted by Crippen LogP contribution is -2.47. The van der Waals surface area contributed by atoms with E-state index in [1.165, 1.54) is 0 Å².